The second-order valence-corrected chi connectivity index (χ2v) is 6.53. The molecule has 1 heterocycles. The standard InChI is InChI=1S/C15H20N2O2S/c1-10-5-12(3-4-14(10)16)7-17-8-13(6-15(17)19)9-20-11(2)18/h3-5,13H,6-9,16H2,1-2H3. The van der Waals surface area contributed by atoms with Crippen LogP contribution in [0.3, 0.4) is 0 Å². The molecular formula is C15H20N2O2S. The molecule has 1 saturated heterocycles. The predicted molar refractivity (Wildman–Crippen MR) is 82.3 cm³/mol. The summed E-state index contributed by atoms with van der Waals surface area (Å²) >= 11 is 1.31. The van der Waals surface area contributed by atoms with Crippen LogP contribution in [0.25, 0.3) is 0 Å². The molecule has 1 aromatic rings. The van der Waals surface area contributed by atoms with Gasteiger partial charge in [-0.1, -0.05) is 23.9 Å². The number of hydrogen-bond acceptors (Lipinski definition) is 4. The topological polar surface area (TPSA) is 63.4 Å². The number of anilines is 1. The number of rotatable bonds is 4. The number of amides is 1. The zero-order valence-corrected chi connectivity index (χ0v) is 12.7. The first kappa shape index (κ1) is 14.9. The highest BCUT2D eigenvalue weighted by molar-refractivity contribution is 8.13. The van der Waals surface area contributed by atoms with Gasteiger partial charge >= 0.3 is 0 Å². The van der Waals surface area contributed by atoms with E-state index in [-0.39, 0.29) is 16.9 Å². The maximum atomic E-state index is 12.0. The van der Waals surface area contributed by atoms with Crippen molar-refractivity contribution in [2.75, 3.05) is 18.0 Å². The molecule has 1 aliphatic heterocycles. The number of nitrogens with zero attached hydrogens (tertiary/aromatic N) is 1. The number of benzene rings is 1. The summed E-state index contributed by atoms with van der Waals surface area (Å²) in [6.45, 7) is 4.90. The van der Waals surface area contributed by atoms with Gasteiger partial charge in [0.05, 0.1) is 0 Å². The lowest BCUT2D eigenvalue weighted by atomic mass is 10.1. The minimum absolute atomic E-state index is 0.116. The lowest BCUT2D eigenvalue weighted by molar-refractivity contribution is -0.128. The van der Waals surface area contributed by atoms with Gasteiger partial charge in [-0.25, -0.2) is 0 Å². The van der Waals surface area contributed by atoms with Gasteiger partial charge in [0, 0.05) is 37.9 Å². The van der Waals surface area contributed by atoms with Crippen molar-refractivity contribution in [1.82, 2.24) is 4.90 Å². The Balaban J connectivity index is 1.94. The molecule has 1 fully saturated rings. The van der Waals surface area contributed by atoms with Gasteiger partial charge in [0.25, 0.3) is 0 Å². The summed E-state index contributed by atoms with van der Waals surface area (Å²) in [5.74, 6) is 1.19. The Morgan fingerprint density at radius 3 is 2.90 bits per heavy atom. The maximum Gasteiger partial charge on any atom is 0.223 e. The number of likely N-dealkylation sites (tertiary alicyclic amines) is 1. The monoisotopic (exact) mass is 292 g/mol. The van der Waals surface area contributed by atoms with Crippen LogP contribution in [0.15, 0.2) is 18.2 Å². The molecule has 1 aliphatic rings. The fourth-order valence-corrected chi connectivity index (χ4v) is 3.10. The van der Waals surface area contributed by atoms with Crippen molar-refractivity contribution in [1.29, 1.82) is 0 Å². The molecule has 1 atom stereocenters. The Bertz CT molecular complexity index is 531. The van der Waals surface area contributed by atoms with E-state index < -0.39 is 0 Å². The lowest BCUT2D eigenvalue weighted by Gasteiger charge is -2.17. The summed E-state index contributed by atoms with van der Waals surface area (Å²) in [7, 11) is 0. The molecule has 0 bridgehead atoms. The molecule has 2 rings (SSSR count). The predicted octanol–water partition coefficient (Wildman–Crippen LogP) is 2.21. The van der Waals surface area contributed by atoms with Crippen molar-refractivity contribution in [3.8, 4) is 0 Å². The molecule has 0 spiro atoms. The highest BCUT2D eigenvalue weighted by atomic mass is 32.2. The normalized spacial score (nSPS) is 18.6. The number of aryl methyl sites for hydroxylation is 1. The Labute approximate surface area is 123 Å². The van der Waals surface area contributed by atoms with Gasteiger partial charge in [-0.2, -0.15) is 0 Å². The van der Waals surface area contributed by atoms with Gasteiger partial charge in [-0.05, 0) is 30.0 Å². The minimum atomic E-state index is 0.116. The lowest BCUT2D eigenvalue weighted by Crippen LogP contribution is -2.24. The molecule has 108 valence electrons. The van der Waals surface area contributed by atoms with E-state index in [4.69, 9.17) is 5.73 Å². The summed E-state index contributed by atoms with van der Waals surface area (Å²) in [6.07, 6.45) is 0.550. The van der Waals surface area contributed by atoms with E-state index in [9.17, 15) is 9.59 Å². The van der Waals surface area contributed by atoms with Crippen molar-refractivity contribution in [2.24, 2.45) is 5.92 Å². The number of nitrogen functional groups attached to an aromatic ring is 1. The molecule has 1 aromatic carbocycles. The van der Waals surface area contributed by atoms with Crippen LogP contribution in [0.5, 0.6) is 0 Å². The molecule has 0 saturated carbocycles. The van der Waals surface area contributed by atoms with Crippen molar-refractivity contribution in [3.63, 3.8) is 0 Å². The molecule has 1 amide bonds. The van der Waals surface area contributed by atoms with E-state index in [1.54, 1.807) is 6.92 Å². The number of nitrogens with two attached hydrogens (primary N) is 1. The van der Waals surface area contributed by atoms with Crippen molar-refractivity contribution in [2.45, 2.75) is 26.8 Å². The Morgan fingerprint density at radius 2 is 2.25 bits per heavy atom. The maximum absolute atomic E-state index is 12.0. The van der Waals surface area contributed by atoms with Crippen LogP contribution < -0.4 is 5.73 Å². The molecule has 1 unspecified atom stereocenters. The molecule has 5 heteroatoms. The fourth-order valence-electron chi connectivity index (χ4n) is 2.41. The van der Waals surface area contributed by atoms with Crippen LogP contribution in [0.4, 0.5) is 5.69 Å². The largest absolute Gasteiger partial charge is 0.399 e. The molecule has 0 radical (unpaired) electrons. The smallest absolute Gasteiger partial charge is 0.223 e. The molecule has 2 N–H and O–H groups in total. The quantitative estimate of drug-likeness (QED) is 0.864. The van der Waals surface area contributed by atoms with Gasteiger partial charge < -0.3 is 10.6 Å². The van der Waals surface area contributed by atoms with Crippen molar-refractivity contribution >= 4 is 28.5 Å². The van der Waals surface area contributed by atoms with Gasteiger partial charge in [0.2, 0.25) is 5.91 Å². The zero-order valence-electron chi connectivity index (χ0n) is 11.9. The van der Waals surface area contributed by atoms with Gasteiger partial charge in [0.15, 0.2) is 5.12 Å². The third-order valence-corrected chi connectivity index (χ3v) is 4.57. The van der Waals surface area contributed by atoms with E-state index in [1.165, 1.54) is 11.8 Å². The molecule has 20 heavy (non-hydrogen) atoms. The van der Waals surface area contributed by atoms with Crippen LogP contribution in [0.2, 0.25) is 0 Å². The Morgan fingerprint density at radius 1 is 1.50 bits per heavy atom. The molecule has 4 nitrogen and oxygen atoms in total. The van der Waals surface area contributed by atoms with E-state index in [1.807, 2.05) is 30.0 Å². The minimum Gasteiger partial charge on any atom is -0.399 e. The molecule has 0 aromatic heterocycles. The first-order valence-corrected chi connectivity index (χ1v) is 7.70. The third kappa shape index (κ3) is 3.76. The second kappa shape index (κ2) is 6.31. The van der Waals surface area contributed by atoms with Crippen LogP contribution in [-0.4, -0.2) is 28.2 Å². The van der Waals surface area contributed by atoms with Crippen LogP contribution in [0.1, 0.15) is 24.5 Å². The summed E-state index contributed by atoms with van der Waals surface area (Å²) in [4.78, 5) is 24.8. The average Bonchev–Trinajstić information content (AvgIpc) is 2.72. The number of hydrogen-bond donors (Lipinski definition) is 1. The highest BCUT2D eigenvalue weighted by Gasteiger charge is 2.29. The van der Waals surface area contributed by atoms with Gasteiger partial charge in [-0.15, -0.1) is 0 Å². The molecule has 0 aliphatic carbocycles. The Hall–Kier alpha value is -1.49. The SMILES string of the molecule is CC(=O)SCC1CC(=O)N(Cc2ccc(N)c(C)c2)C1. The highest BCUT2D eigenvalue weighted by Crippen LogP contribution is 2.24. The zero-order chi connectivity index (χ0) is 14.7. The fraction of sp³-hybridized carbons (Fsp3) is 0.467. The number of thioether (sulfide) groups is 1. The van der Waals surface area contributed by atoms with Crippen LogP contribution in [0, 0.1) is 12.8 Å². The van der Waals surface area contributed by atoms with E-state index >= 15 is 0 Å². The van der Waals surface area contributed by atoms with Gasteiger partial charge in [0.1, 0.15) is 0 Å². The third-order valence-electron chi connectivity index (χ3n) is 3.52. The summed E-state index contributed by atoms with van der Waals surface area (Å²) in [5, 5.41) is 0.116. The van der Waals surface area contributed by atoms with E-state index in [0.29, 0.717) is 13.0 Å². The summed E-state index contributed by atoms with van der Waals surface area (Å²) in [5.41, 5.74) is 8.72. The van der Waals surface area contributed by atoms with Crippen molar-refractivity contribution < 1.29 is 9.59 Å². The van der Waals surface area contributed by atoms with Crippen molar-refractivity contribution in [3.05, 3.63) is 29.3 Å². The Kier molecular flexibility index (Phi) is 4.70. The van der Waals surface area contributed by atoms with Crippen LogP contribution >= 0.6 is 11.8 Å². The first-order chi connectivity index (χ1) is 9.45. The summed E-state index contributed by atoms with van der Waals surface area (Å²) < 4.78 is 0. The number of carbonyl (C=O) groups is 2. The molecular weight excluding hydrogens is 272 g/mol. The van der Waals surface area contributed by atoms with Crippen LogP contribution in [-0.2, 0) is 16.1 Å². The average molecular weight is 292 g/mol. The first-order valence-electron chi connectivity index (χ1n) is 6.72. The van der Waals surface area contributed by atoms with E-state index in [0.717, 1.165) is 29.1 Å². The number of carbonyl (C=O) groups excluding carboxylic acids is 2. The van der Waals surface area contributed by atoms with E-state index in [2.05, 4.69) is 0 Å². The van der Waals surface area contributed by atoms with Gasteiger partial charge in [-0.3, -0.25) is 9.59 Å². The second-order valence-electron chi connectivity index (χ2n) is 5.34. The summed E-state index contributed by atoms with van der Waals surface area (Å²) in [6, 6.07) is 5.88.